The molecule has 134 valence electrons. The highest BCUT2D eigenvalue weighted by molar-refractivity contribution is 5.95. The third-order valence-electron chi connectivity index (χ3n) is 3.35. The van der Waals surface area contributed by atoms with Gasteiger partial charge in [0.1, 0.15) is 5.75 Å². The van der Waals surface area contributed by atoms with Crippen LogP contribution in [0.5, 0.6) is 5.75 Å². The summed E-state index contributed by atoms with van der Waals surface area (Å²) in [6.45, 7) is 1.70. The maximum Gasteiger partial charge on any atom is 0.387 e. The maximum absolute atomic E-state index is 12.4. The number of carbonyl (C=O) groups excluding carboxylic acids is 1. The Hall–Kier alpha value is -2.22. The quantitative estimate of drug-likeness (QED) is 0.756. The molecule has 1 aromatic rings. The predicted molar refractivity (Wildman–Crippen MR) is 82.5 cm³/mol. The summed E-state index contributed by atoms with van der Waals surface area (Å²) in [5.74, 6) is -1.58. The summed E-state index contributed by atoms with van der Waals surface area (Å²) < 4.78 is 34.2. The number of carboxylic acid groups (broad SMARTS) is 1. The van der Waals surface area contributed by atoms with E-state index in [0.717, 1.165) is 0 Å². The second kappa shape index (κ2) is 8.05. The van der Waals surface area contributed by atoms with E-state index in [0.29, 0.717) is 11.1 Å². The Morgan fingerprint density at radius 2 is 1.83 bits per heavy atom. The average Bonchev–Trinajstić information content (AvgIpc) is 2.41. The molecule has 1 atom stereocenters. The zero-order chi connectivity index (χ0) is 18.5. The van der Waals surface area contributed by atoms with Gasteiger partial charge in [-0.05, 0) is 44.0 Å². The van der Waals surface area contributed by atoms with Crippen LogP contribution in [0.1, 0.15) is 34.8 Å². The van der Waals surface area contributed by atoms with Gasteiger partial charge in [0, 0.05) is 12.7 Å². The Labute approximate surface area is 138 Å². The number of amides is 1. The highest BCUT2D eigenvalue weighted by Crippen LogP contribution is 2.26. The molecule has 0 aliphatic rings. The van der Waals surface area contributed by atoms with Crippen LogP contribution in [0.3, 0.4) is 0 Å². The zero-order valence-electron chi connectivity index (χ0n) is 14.0. The van der Waals surface area contributed by atoms with Crippen LogP contribution in [-0.4, -0.2) is 42.9 Å². The molecule has 0 aliphatic heterocycles. The lowest BCUT2D eigenvalue weighted by Crippen LogP contribution is -2.50. The summed E-state index contributed by atoms with van der Waals surface area (Å²) in [5.41, 5.74) is -0.115. The van der Waals surface area contributed by atoms with Crippen LogP contribution < -0.4 is 10.1 Å². The fourth-order valence-electron chi connectivity index (χ4n) is 2.49. The van der Waals surface area contributed by atoms with E-state index in [1.54, 1.807) is 20.8 Å². The SMILES string of the molecule is COCC(C)(CC(=O)O)NC(=O)c1cc(C)c(OC(F)F)c(C)c1. The van der Waals surface area contributed by atoms with Crippen LogP contribution >= 0.6 is 0 Å². The first-order chi connectivity index (χ1) is 11.1. The lowest BCUT2D eigenvalue weighted by atomic mass is 9.97. The number of rotatable bonds is 8. The first kappa shape index (κ1) is 19.8. The van der Waals surface area contributed by atoms with Gasteiger partial charge in [0.15, 0.2) is 0 Å². The van der Waals surface area contributed by atoms with Crippen molar-refractivity contribution in [2.45, 2.75) is 39.3 Å². The lowest BCUT2D eigenvalue weighted by Gasteiger charge is -2.28. The molecule has 0 aliphatic carbocycles. The van der Waals surface area contributed by atoms with E-state index >= 15 is 0 Å². The molecule has 8 heteroatoms. The van der Waals surface area contributed by atoms with Crippen molar-refractivity contribution >= 4 is 11.9 Å². The van der Waals surface area contributed by atoms with E-state index in [9.17, 15) is 18.4 Å². The molecule has 2 N–H and O–H groups in total. The standard InChI is InChI=1S/C16H21F2NO5/c1-9-5-11(6-10(2)13(9)24-15(17)18)14(22)19-16(3,8-23-4)7-12(20)21/h5-6,15H,7-8H2,1-4H3,(H,19,22)(H,20,21). The molecule has 0 aromatic heterocycles. The lowest BCUT2D eigenvalue weighted by molar-refractivity contribution is -0.139. The number of aryl methyl sites for hydroxylation is 2. The number of carbonyl (C=O) groups is 2. The van der Waals surface area contributed by atoms with Crippen molar-refractivity contribution in [3.05, 3.63) is 28.8 Å². The fourth-order valence-corrected chi connectivity index (χ4v) is 2.49. The maximum atomic E-state index is 12.4. The van der Waals surface area contributed by atoms with Gasteiger partial charge < -0.3 is 19.9 Å². The van der Waals surface area contributed by atoms with Gasteiger partial charge in [-0.15, -0.1) is 0 Å². The van der Waals surface area contributed by atoms with Crippen molar-refractivity contribution in [3.63, 3.8) is 0 Å². The van der Waals surface area contributed by atoms with Crippen molar-refractivity contribution in [1.82, 2.24) is 5.32 Å². The van der Waals surface area contributed by atoms with Crippen LogP contribution in [0.4, 0.5) is 8.78 Å². The largest absolute Gasteiger partial charge is 0.481 e. The number of methoxy groups -OCH3 is 1. The molecular formula is C16H21F2NO5. The highest BCUT2D eigenvalue weighted by atomic mass is 19.3. The van der Waals surface area contributed by atoms with Crippen LogP contribution in [0.2, 0.25) is 0 Å². The average molecular weight is 345 g/mol. The van der Waals surface area contributed by atoms with Gasteiger partial charge in [-0.3, -0.25) is 9.59 Å². The normalized spacial score (nSPS) is 13.5. The molecule has 0 radical (unpaired) electrons. The van der Waals surface area contributed by atoms with Gasteiger partial charge in [0.05, 0.1) is 18.6 Å². The minimum Gasteiger partial charge on any atom is -0.481 e. The fraction of sp³-hybridized carbons (Fsp3) is 0.500. The van der Waals surface area contributed by atoms with Gasteiger partial charge in [-0.2, -0.15) is 8.78 Å². The van der Waals surface area contributed by atoms with E-state index < -0.39 is 24.0 Å². The first-order valence-corrected chi connectivity index (χ1v) is 7.17. The number of benzene rings is 1. The van der Waals surface area contributed by atoms with Gasteiger partial charge in [0.25, 0.3) is 5.91 Å². The van der Waals surface area contributed by atoms with Crippen LogP contribution in [0.15, 0.2) is 12.1 Å². The second-order valence-corrected chi connectivity index (χ2v) is 5.84. The molecular weight excluding hydrogens is 324 g/mol. The Kier molecular flexibility index (Phi) is 6.65. The second-order valence-electron chi connectivity index (χ2n) is 5.84. The van der Waals surface area contributed by atoms with Gasteiger partial charge in [0.2, 0.25) is 0 Å². The van der Waals surface area contributed by atoms with Crippen LogP contribution in [-0.2, 0) is 9.53 Å². The summed E-state index contributed by atoms with van der Waals surface area (Å²) in [5, 5.41) is 11.6. The topological polar surface area (TPSA) is 84.9 Å². The molecule has 1 amide bonds. The van der Waals surface area contributed by atoms with Crippen LogP contribution in [0, 0.1) is 13.8 Å². The Balaban J connectivity index is 3.04. The van der Waals surface area contributed by atoms with Gasteiger partial charge in [-0.1, -0.05) is 0 Å². The number of hydrogen-bond acceptors (Lipinski definition) is 4. The molecule has 6 nitrogen and oxygen atoms in total. The Morgan fingerprint density at radius 3 is 2.25 bits per heavy atom. The van der Waals surface area contributed by atoms with E-state index in [1.807, 2.05) is 0 Å². The van der Waals surface area contributed by atoms with E-state index in [-0.39, 0.29) is 24.3 Å². The molecule has 24 heavy (non-hydrogen) atoms. The number of hydrogen-bond donors (Lipinski definition) is 2. The highest BCUT2D eigenvalue weighted by Gasteiger charge is 2.30. The third kappa shape index (κ3) is 5.45. The molecule has 0 spiro atoms. The first-order valence-electron chi connectivity index (χ1n) is 7.17. The summed E-state index contributed by atoms with van der Waals surface area (Å²) in [6, 6.07) is 2.82. The number of halogens is 2. The number of aliphatic carboxylic acids is 1. The molecule has 0 fully saturated rings. The summed E-state index contributed by atoms with van der Waals surface area (Å²) in [6.07, 6.45) is -0.322. The molecule has 1 aromatic carbocycles. The smallest absolute Gasteiger partial charge is 0.387 e. The predicted octanol–water partition coefficient (Wildman–Crippen LogP) is 2.51. The molecule has 1 unspecified atom stereocenters. The molecule has 0 heterocycles. The van der Waals surface area contributed by atoms with Crippen molar-refractivity contribution in [2.24, 2.45) is 0 Å². The number of ether oxygens (including phenoxy) is 2. The Morgan fingerprint density at radius 1 is 1.29 bits per heavy atom. The zero-order valence-corrected chi connectivity index (χ0v) is 14.0. The van der Waals surface area contributed by atoms with Crippen LogP contribution in [0.25, 0.3) is 0 Å². The molecule has 1 rings (SSSR count). The number of carboxylic acids is 1. The van der Waals surface area contributed by atoms with Crippen molar-refractivity contribution in [2.75, 3.05) is 13.7 Å². The minimum absolute atomic E-state index is 0.00951. The molecule has 0 saturated heterocycles. The monoisotopic (exact) mass is 345 g/mol. The van der Waals surface area contributed by atoms with Gasteiger partial charge >= 0.3 is 12.6 Å². The third-order valence-corrected chi connectivity index (χ3v) is 3.35. The molecule has 0 bridgehead atoms. The van der Waals surface area contributed by atoms with Gasteiger partial charge in [-0.25, -0.2) is 0 Å². The summed E-state index contributed by atoms with van der Waals surface area (Å²) in [4.78, 5) is 23.4. The number of alkyl halides is 2. The summed E-state index contributed by atoms with van der Waals surface area (Å²) in [7, 11) is 1.40. The van der Waals surface area contributed by atoms with Crippen molar-refractivity contribution in [3.8, 4) is 5.75 Å². The van der Waals surface area contributed by atoms with E-state index in [1.165, 1.54) is 19.2 Å². The van der Waals surface area contributed by atoms with E-state index in [2.05, 4.69) is 10.1 Å². The van der Waals surface area contributed by atoms with Crippen molar-refractivity contribution < 1.29 is 33.0 Å². The minimum atomic E-state index is -2.96. The molecule has 0 saturated carbocycles. The number of nitrogens with one attached hydrogen (secondary N) is 1. The van der Waals surface area contributed by atoms with E-state index in [4.69, 9.17) is 9.84 Å². The summed E-state index contributed by atoms with van der Waals surface area (Å²) >= 11 is 0. The Bertz CT molecular complexity index is 597. The van der Waals surface area contributed by atoms with Crippen molar-refractivity contribution in [1.29, 1.82) is 0 Å².